The van der Waals surface area contributed by atoms with Gasteiger partial charge in [0.2, 0.25) is 5.89 Å². The third-order valence-electron chi connectivity index (χ3n) is 5.16. The van der Waals surface area contributed by atoms with Gasteiger partial charge in [-0.15, -0.1) is 0 Å². The molecule has 0 bridgehead atoms. The van der Waals surface area contributed by atoms with Crippen molar-refractivity contribution >= 4 is 12.0 Å². The SMILES string of the molecule is CC(C)N(C)C(=O)c1coc(CN2CCN(C/C=C/c3ccccc3)CC2)n1. The molecule has 6 nitrogen and oxygen atoms in total. The summed E-state index contributed by atoms with van der Waals surface area (Å²) in [6.07, 6.45) is 5.87. The molecule has 0 aliphatic carbocycles. The van der Waals surface area contributed by atoms with Crippen LogP contribution in [-0.2, 0) is 6.54 Å². The zero-order chi connectivity index (χ0) is 19.9. The van der Waals surface area contributed by atoms with E-state index in [-0.39, 0.29) is 11.9 Å². The molecule has 3 rings (SSSR count). The minimum atomic E-state index is -0.0972. The largest absolute Gasteiger partial charge is 0.447 e. The van der Waals surface area contributed by atoms with E-state index >= 15 is 0 Å². The van der Waals surface area contributed by atoms with Gasteiger partial charge in [0.25, 0.3) is 5.91 Å². The van der Waals surface area contributed by atoms with E-state index in [1.54, 1.807) is 11.9 Å². The Morgan fingerprint density at radius 3 is 2.54 bits per heavy atom. The van der Waals surface area contributed by atoms with E-state index in [1.807, 2.05) is 19.9 Å². The van der Waals surface area contributed by atoms with E-state index in [4.69, 9.17) is 4.42 Å². The molecular weight excluding hydrogens is 352 g/mol. The second-order valence-corrected chi connectivity index (χ2v) is 7.53. The quantitative estimate of drug-likeness (QED) is 0.737. The number of hydrogen-bond acceptors (Lipinski definition) is 5. The van der Waals surface area contributed by atoms with Crippen LogP contribution in [0.15, 0.2) is 47.1 Å². The van der Waals surface area contributed by atoms with Crippen molar-refractivity contribution < 1.29 is 9.21 Å². The Kier molecular flexibility index (Phi) is 7.01. The molecule has 0 atom stereocenters. The number of hydrogen-bond donors (Lipinski definition) is 0. The van der Waals surface area contributed by atoms with Crippen molar-refractivity contribution in [1.82, 2.24) is 19.7 Å². The molecule has 0 N–H and O–H groups in total. The first-order valence-corrected chi connectivity index (χ1v) is 9.91. The fourth-order valence-corrected chi connectivity index (χ4v) is 3.12. The highest BCUT2D eigenvalue weighted by atomic mass is 16.3. The van der Waals surface area contributed by atoms with Gasteiger partial charge in [-0.1, -0.05) is 42.5 Å². The molecule has 0 saturated carbocycles. The lowest BCUT2D eigenvalue weighted by molar-refractivity contribution is 0.0749. The summed E-state index contributed by atoms with van der Waals surface area (Å²) in [6.45, 7) is 9.53. The number of carbonyl (C=O) groups excluding carboxylic acids is 1. The molecule has 0 spiro atoms. The second-order valence-electron chi connectivity index (χ2n) is 7.53. The Labute approximate surface area is 167 Å². The van der Waals surface area contributed by atoms with Gasteiger partial charge in [-0.3, -0.25) is 14.6 Å². The van der Waals surface area contributed by atoms with Gasteiger partial charge in [-0.25, -0.2) is 4.98 Å². The molecule has 1 fully saturated rings. The standard InChI is InChI=1S/C22H30N4O2/c1-18(2)24(3)22(27)20-17-28-21(23-20)16-26-14-12-25(13-15-26)11-7-10-19-8-5-4-6-9-19/h4-10,17-18H,11-16H2,1-3H3/b10-7+. The lowest BCUT2D eigenvalue weighted by Crippen LogP contribution is -2.45. The summed E-state index contributed by atoms with van der Waals surface area (Å²) < 4.78 is 5.53. The molecule has 28 heavy (non-hydrogen) atoms. The summed E-state index contributed by atoms with van der Waals surface area (Å²) >= 11 is 0. The maximum Gasteiger partial charge on any atom is 0.275 e. The monoisotopic (exact) mass is 382 g/mol. The number of amides is 1. The highest BCUT2D eigenvalue weighted by Gasteiger charge is 2.21. The van der Waals surface area contributed by atoms with Gasteiger partial charge in [-0.2, -0.15) is 0 Å². The van der Waals surface area contributed by atoms with Crippen molar-refractivity contribution in [1.29, 1.82) is 0 Å². The molecule has 1 aromatic heterocycles. The molecule has 6 heteroatoms. The molecule has 0 unspecified atom stereocenters. The van der Waals surface area contributed by atoms with E-state index in [9.17, 15) is 4.79 Å². The van der Waals surface area contributed by atoms with Crippen LogP contribution in [0.2, 0.25) is 0 Å². The average Bonchev–Trinajstić information content (AvgIpc) is 3.17. The van der Waals surface area contributed by atoms with Gasteiger partial charge in [0.1, 0.15) is 6.26 Å². The Bertz CT molecular complexity index is 777. The van der Waals surface area contributed by atoms with Crippen LogP contribution in [0.3, 0.4) is 0 Å². The van der Waals surface area contributed by atoms with E-state index in [0.29, 0.717) is 18.1 Å². The van der Waals surface area contributed by atoms with Gasteiger partial charge in [-0.05, 0) is 19.4 Å². The van der Waals surface area contributed by atoms with Gasteiger partial charge in [0, 0.05) is 45.8 Å². The van der Waals surface area contributed by atoms with Gasteiger partial charge in [0.15, 0.2) is 5.69 Å². The number of piperazine rings is 1. The number of benzene rings is 1. The third kappa shape index (κ3) is 5.53. The Balaban J connectivity index is 1.43. The van der Waals surface area contributed by atoms with Crippen molar-refractivity contribution in [3.05, 3.63) is 59.8 Å². The fourth-order valence-electron chi connectivity index (χ4n) is 3.12. The fraction of sp³-hybridized carbons (Fsp3) is 0.455. The molecule has 1 amide bonds. The first-order valence-electron chi connectivity index (χ1n) is 9.91. The zero-order valence-electron chi connectivity index (χ0n) is 17.0. The normalized spacial score (nSPS) is 16.1. The minimum absolute atomic E-state index is 0.0972. The van der Waals surface area contributed by atoms with Gasteiger partial charge in [0.05, 0.1) is 6.54 Å². The molecule has 0 radical (unpaired) electrons. The Morgan fingerprint density at radius 1 is 1.18 bits per heavy atom. The number of rotatable bonds is 7. The number of carbonyl (C=O) groups is 1. The summed E-state index contributed by atoms with van der Waals surface area (Å²) in [7, 11) is 1.78. The minimum Gasteiger partial charge on any atom is -0.447 e. The topological polar surface area (TPSA) is 52.8 Å². The van der Waals surface area contributed by atoms with Crippen LogP contribution < -0.4 is 0 Å². The number of nitrogens with zero attached hydrogens (tertiary/aromatic N) is 4. The maximum atomic E-state index is 12.3. The highest BCUT2D eigenvalue weighted by Crippen LogP contribution is 2.11. The van der Waals surface area contributed by atoms with Crippen molar-refractivity contribution in [3.63, 3.8) is 0 Å². The lowest BCUT2D eigenvalue weighted by Gasteiger charge is -2.33. The van der Waals surface area contributed by atoms with Crippen molar-refractivity contribution in [2.24, 2.45) is 0 Å². The number of oxazole rings is 1. The van der Waals surface area contributed by atoms with Crippen LogP contribution in [0, 0.1) is 0 Å². The smallest absolute Gasteiger partial charge is 0.275 e. The zero-order valence-corrected chi connectivity index (χ0v) is 17.0. The molecule has 1 aliphatic heterocycles. The summed E-state index contributed by atoms with van der Waals surface area (Å²) in [6, 6.07) is 10.5. The number of aromatic nitrogens is 1. The van der Waals surface area contributed by atoms with E-state index in [0.717, 1.165) is 32.7 Å². The average molecular weight is 383 g/mol. The highest BCUT2D eigenvalue weighted by molar-refractivity contribution is 5.91. The molecule has 1 aliphatic rings. The molecular formula is C22H30N4O2. The van der Waals surface area contributed by atoms with Crippen LogP contribution >= 0.6 is 0 Å². The second kappa shape index (κ2) is 9.66. The van der Waals surface area contributed by atoms with Crippen LogP contribution in [0.5, 0.6) is 0 Å². The third-order valence-corrected chi connectivity index (χ3v) is 5.16. The predicted octanol–water partition coefficient (Wildman–Crippen LogP) is 2.99. The summed E-state index contributed by atoms with van der Waals surface area (Å²) in [5.41, 5.74) is 1.62. The predicted molar refractivity (Wildman–Crippen MR) is 111 cm³/mol. The molecule has 1 saturated heterocycles. The summed E-state index contributed by atoms with van der Waals surface area (Å²) in [4.78, 5) is 23.1. The van der Waals surface area contributed by atoms with E-state index in [1.165, 1.54) is 11.8 Å². The van der Waals surface area contributed by atoms with Crippen LogP contribution in [0.4, 0.5) is 0 Å². The maximum absolute atomic E-state index is 12.3. The van der Waals surface area contributed by atoms with E-state index < -0.39 is 0 Å². The van der Waals surface area contributed by atoms with Crippen LogP contribution in [0.25, 0.3) is 6.08 Å². The van der Waals surface area contributed by atoms with Crippen LogP contribution in [-0.4, -0.2) is 71.4 Å². The van der Waals surface area contributed by atoms with Crippen LogP contribution in [0.1, 0.15) is 35.8 Å². The molecule has 2 heterocycles. The van der Waals surface area contributed by atoms with Crippen molar-refractivity contribution in [2.75, 3.05) is 39.8 Å². The van der Waals surface area contributed by atoms with Gasteiger partial charge >= 0.3 is 0 Å². The van der Waals surface area contributed by atoms with E-state index in [2.05, 4.69) is 51.2 Å². The summed E-state index contributed by atoms with van der Waals surface area (Å²) in [5, 5.41) is 0. The van der Waals surface area contributed by atoms with Gasteiger partial charge < -0.3 is 9.32 Å². The Morgan fingerprint density at radius 2 is 1.86 bits per heavy atom. The summed E-state index contributed by atoms with van der Waals surface area (Å²) in [5.74, 6) is 0.512. The first-order chi connectivity index (χ1) is 13.5. The molecule has 150 valence electrons. The van der Waals surface area contributed by atoms with Crippen molar-refractivity contribution in [3.8, 4) is 0 Å². The lowest BCUT2D eigenvalue weighted by atomic mass is 10.2. The first kappa shape index (κ1) is 20.3. The molecule has 1 aromatic carbocycles. The van der Waals surface area contributed by atoms with Crippen molar-refractivity contribution in [2.45, 2.75) is 26.4 Å². The molecule has 2 aromatic rings. The Hall–Kier alpha value is -2.44.